The maximum Gasteiger partial charge on any atom is 0.228 e. The standard InChI is InChI=1S/C23H22FNO/c1-14(2)16-7-5-8-17(12-16)19-13-20(19)23(26)25-21-11-10-15-6-3-4-9-18(15)22(21)24/h3-12,14,19-20H,13H2,1-2H3,(H,25,26). The predicted molar refractivity (Wildman–Crippen MR) is 104 cm³/mol. The van der Waals surface area contributed by atoms with Gasteiger partial charge >= 0.3 is 0 Å². The highest BCUT2D eigenvalue weighted by atomic mass is 19.1. The van der Waals surface area contributed by atoms with Crippen molar-refractivity contribution in [1.82, 2.24) is 0 Å². The van der Waals surface area contributed by atoms with E-state index < -0.39 is 0 Å². The van der Waals surface area contributed by atoms with Crippen molar-refractivity contribution in [1.29, 1.82) is 0 Å². The Morgan fingerprint density at radius 1 is 1.08 bits per heavy atom. The van der Waals surface area contributed by atoms with Gasteiger partial charge in [0.25, 0.3) is 0 Å². The smallest absolute Gasteiger partial charge is 0.228 e. The van der Waals surface area contributed by atoms with E-state index in [9.17, 15) is 9.18 Å². The van der Waals surface area contributed by atoms with Gasteiger partial charge in [-0.3, -0.25) is 4.79 Å². The van der Waals surface area contributed by atoms with Gasteiger partial charge in [0.2, 0.25) is 5.91 Å². The summed E-state index contributed by atoms with van der Waals surface area (Å²) in [5.41, 5.74) is 2.75. The molecule has 2 atom stereocenters. The van der Waals surface area contributed by atoms with Crippen LogP contribution in [0.25, 0.3) is 10.8 Å². The highest BCUT2D eigenvalue weighted by Gasteiger charge is 2.44. The van der Waals surface area contributed by atoms with Crippen LogP contribution < -0.4 is 5.32 Å². The summed E-state index contributed by atoms with van der Waals surface area (Å²) >= 11 is 0. The molecular weight excluding hydrogens is 325 g/mol. The Morgan fingerprint density at radius 2 is 1.88 bits per heavy atom. The van der Waals surface area contributed by atoms with E-state index in [2.05, 4.69) is 43.4 Å². The van der Waals surface area contributed by atoms with E-state index in [4.69, 9.17) is 0 Å². The topological polar surface area (TPSA) is 29.1 Å². The summed E-state index contributed by atoms with van der Waals surface area (Å²) in [6.07, 6.45) is 0.822. The Balaban J connectivity index is 1.50. The molecule has 3 aromatic rings. The molecule has 1 aliphatic rings. The normalized spacial score (nSPS) is 18.9. The quantitative estimate of drug-likeness (QED) is 0.631. The molecule has 4 rings (SSSR count). The Bertz CT molecular complexity index is 979. The molecule has 0 aromatic heterocycles. The van der Waals surface area contributed by atoms with E-state index in [1.165, 1.54) is 11.1 Å². The van der Waals surface area contributed by atoms with Crippen molar-refractivity contribution in [3.8, 4) is 0 Å². The minimum Gasteiger partial charge on any atom is -0.323 e. The lowest BCUT2D eigenvalue weighted by Gasteiger charge is -2.10. The van der Waals surface area contributed by atoms with Crippen molar-refractivity contribution in [2.45, 2.75) is 32.1 Å². The van der Waals surface area contributed by atoms with Gasteiger partial charge in [-0.2, -0.15) is 0 Å². The molecule has 2 nitrogen and oxygen atoms in total. The molecule has 132 valence electrons. The first-order chi connectivity index (χ1) is 12.5. The number of halogens is 1. The second kappa shape index (κ2) is 6.56. The Labute approximate surface area is 153 Å². The second-order valence-electron chi connectivity index (χ2n) is 7.41. The van der Waals surface area contributed by atoms with E-state index in [-0.39, 0.29) is 29.2 Å². The molecule has 3 heteroatoms. The van der Waals surface area contributed by atoms with Crippen LogP contribution in [-0.4, -0.2) is 5.91 Å². The SMILES string of the molecule is CC(C)c1cccc(C2CC2C(=O)Nc2ccc3ccccc3c2F)c1. The first-order valence-corrected chi connectivity index (χ1v) is 9.12. The number of amides is 1. The number of hydrogen-bond acceptors (Lipinski definition) is 1. The molecule has 1 fully saturated rings. The fourth-order valence-corrected chi connectivity index (χ4v) is 3.56. The van der Waals surface area contributed by atoms with Gasteiger partial charge in [0.05, 0.1) is 5.69 Å². The van der Waals surface area contributed by atoms with Crippen LogP contribution in [0.1, 0.15) is 43.2 Å². The predicted octanol–water partition coefficient (Wildman–Crippen LogP) is 5.84. The minimum absolute atomic E-state index is 0.0803. The zero-order chi connectivity index (χ0) is 18.3. The highest BCUT2D eigenvalue weighted by molar-refractivity contribution is 5.98. The van der Waals surface area contributed by atoms with E-state index in [1.807, 2.05) is 18.2 Å². The summed E-state index contributed by atoms with van der Waals surface area (Å²) in [5, 5.41) is 4.15. The van der Waals surface area contributed by atoms with Crippen LogP contribution in [0, 0.1) is 11.7 Å². The van der Waals surface area contributed by atoms with Gasteiger partial charge in [0.1, 0.15) is 0 Å². The maximum atomic E-state index is 14.7. The maximum absolute atomic E-state index is 14.7. The molecule has 0 saturated heterocycles. The van der Waals surface area contributed by atoms with Crippen LogP contribution in [0.5, 0.6) is 0 Å². The number of carbonyl (C=O) groups is 1. The lowest BCUT2D eigenvalue weighted by atomic mass is 9.98. The van der Waals surface area contributed by atoms with Gasteiger partial charge in [-0.05, 0) is 40.8 Å². The number of fused-ring (bicyclic) bond motifs is 1. The third kappa shape index (κ3) is 3.10. The summed E-state index contributed by atoms with van der Waals surface area (Å²) in [4.78, 5) is 12.6. The summed E-state index contributed by atoms with van der Waals surface area (Å²) < 4.78 is 14.7. The molecule has 0 spiro atoms. The molecule has 0 bridgehead atoms. The van der Waals surface area contributed by atoms with Crippen LogP contribution in [0.3, 0.4) is 0 Å². The molecular formula is C23H22FNO. The van der Waals surface area contributed by atoms with Crippen LogP contribution >= 0.6 is 0 Å². The van der Waals surface area contributed by atoms with E-state index in [0.717, 1.165) is 11.8 Å². The van der Waals surface area contributed by atoms with Crippen molar-refractivity contribution < 1.29 is 9.18 Å². The number of carbonyl (C=O) groups excluding carboxylic acids is 1. The molecule has 1 aliphatic carbocycles. The average Bonchev–Trinajstić information content (AvgIpc) is 3.45. The van der Waals surface area contributed by atoms with Crippen molar-refractivity contribution in [3.05, 3.63) is 77.6 Å². The molecule has 1 amide bonds. The summed E-state index contributed by atoms with van der Waals surface area (Å²) in [6.45, 7) is 4.33. The number of benzene rings is 3. The van der Waals surface area contributed by atoms with Crippen molar-refractivity contribution >= 4 is 22.4 Å². The Morgan fingerprint density at radius 3 is 2.69 bits per heavy atom. The number of nitrogens with one attached hydrogen (secondary N) is 1. The van der Waals surface area contributed by atoms with Crippen LogP contribution in [0.4, 0.5) is 10.1 Å². The van der Waals surface area contributed by atoms with Crippen LogP contribution in [-0.2, 0) is 4.79 Å². The minimum atomic E-state index is -0.365. The van der Waals surface area contributed by atoms with Crippen molar-refractivity contribution in [2.24, 2.45) is 5.92 Å². The van der Waals surface area contributed by atoms with Crippen LogP contribution in [0.15, 0.2) is 60.7 Å². The van der Waals surface area contributed by atoms with Crippen molar-refractivity contribution in [3.63, 3.8) is 0 Å². The zero-order valence-electron chi connectivity index (χ0n) is 15.0. The fraction of sp³-hybridized carbons (Fsp3) is 0.261. The molecule has 3 aromatic carbocycles. The van der Waals surface area contributed by atoms with Gasteiger partial charge in [-0.25, -0.2) is 4.39 Å². The molecule has 1 saturated carbocycles. The van der Waals surface area contributed by atoms with Crippen molar-refractivity contribution in [2.75, 3.05) is 5.32 Å². The molecule has 0 heterocycles. The Kier molecular flexibility index (Phi) is 4.23. The third-order valence-corrected chi connectivity index (χ3v) is 5.25. The lowest BCUT2D eigenvalue weighted by molar-refractivity contribution is -0.117. The van der Waals surface area contributed by atoms with E-state index in [1.54, 1.807) is 18.2 Å². The molecule has 0 aliphatic heterocycles. The third-order valence-electron chi connectivity index (χ3n) is 5.25. The number of anilines is 1. The first-order valence-electron chi connectivity index (χ1n) is 9.12. The fourth-order valence-electron chi connectivity index (χ4n) is 3.56. The largest absolute Gasteiger partial charge is 0.323 e. The number of rotatable bonds is 4. The van der Waals surface area contributed by atoms with Gasteiger partial charge < -0.3 is 5.32 Å². The second-order valence-corrected chi connectivity index (χ2v) is 7.41. The molecule has 26 heavy (non-hydrogen) atoms. The van der Waals surface area contributed by atoms with Gasteiger partial charge in [0.15, 0.2) is 5.82 Å². The monoisotopic (exact) mass is 347 g/mol. The zero-order valence-corrected chi connectivity index (χ0v) is 15.0. The van der Waals surface area contributed by atoms with Gasteiger partial charge in [-0.15, -0.1) is 0 Å². The summed E-state index contributed by atoms with van der Waals surface area (Å²) in [6, 6.07) is 19.2. The van der Waals surface area contributed by atoms with E-state index in [0.29, 0.717) is 11.3 Å². The van der Waals surface area contributed by atoms with Crippen LogP contribution in [0.2, 0.25) is 0 Å². The van der Waals surface area contributed by atoms with E-state index >= 15 is 0 Å². The highest BCUT2D eigenvalue weighted by Crippen LogP contribution is 2.48. The molecule has 2 unspecified atom stereocenters. The van der Waals surface area contributed by atoms with Gasteiger partial charge in [0, 0.05) is 11.3 Å². The molecule has 0 radical (unpaired) electrons. The number of hydrogen-bond donors (Lipinski definition) is 1. The lowest BCUT2D eigenvalue weighted by Crippen LogP contribution is -2.15. The Hall–Kier alpha value is -2.68. The first kappa shape index (κ1) is 16.8. The summed E-state index contributed by atoms with van der Waals surface area (Å²) in [5.74, 6) is 0.155. The average molecular weight is 347 g/mol. The summed E-state index contributed by atoms with van der Waals surface area (Å²) in [7, 11) is 0. The molecule has 1 N–H and O–H groups in total. The van der Waals surface area contributed by atoms with Gasteiger partial charge in [-0.1, -0.05) is 68.4 Å².